The van der Waals surface area contributed by atoms with Gasteiger partial charge >= 0.3 is 0 Å². The molecule has 0 spiro atoms. The summed E-state index contributed by atoms with van der Waals surface area (Å²) in [5.74, 6) is 0. The molecule has 1 aromatic carbocycles. The van der Waals surface area contributed by atoms with Crippen LogP contribution in [-0.4, -0.2) is 15.1 Å². The summed E-state index contributed by atoms with van der Waals surface area (Å²) < 4.78 is 0. The summed E-state index contributed by atoms with van der Waals surface area (Å²) >= 11 is 0. The second-order valence-electron chi connectivity index (χ2n) is 3.13. The normalized spacial score (nSPS) is 10.5. The van der Waals surface area contributed by atoms with Crippen molar-refractivity contribution in [3.63, 3.8) is 0 Å². The van der Waals surface area contributed by atoms with Crippen LogP contribution in [0.1, 0.15) is 5.69 Å². The third-order valence-corrected chi connectivity index (χ3v) is 2.13. The minimum atomic E-state index is -0.533. The van der Waals surface area contributed by atoms with Crippen LogP contribution in [-0.2, 0) is 0 Å². The van der Waals surface area contributed by atoms with E-state index in [1.807, 2.05) is 0 Å². The number of nitro benzene ring substituents is 1. The Morgan fingerprint density at radius 3 is 2.87 bits per heavy atom. The van der Waals surface area contributed by atoms with Crippen LogP contribution in [0.5, 0.6) is 0 Å². The van der Waals surface area contributed by atoms with Crippen LogP contribution in [0.3, 0.4) is 0 Å². The number of nitrogens with zero attached hydrogens (tertiary/aromatic N) is 2. The molecule has 0 saturated carbocycles. The van der Waals surface area contributed by atoms with Crippen LogP contribution in [0.25, 0.3) is 10.9 Å². The van der Waals surface area contributed by atoms with Gasteiger partial charge in [-0.15, -0.1) is 0 Å². The van der Waals surface area contributed by atoms with E-state index in [0.29, 0.717) is 11.2 Å². The van der Waals surface area contributed by atoms with Crippen LogP contribution in [0.4, 0.5) is 5.69 Å². The summed E-state index contributed by atoms with van der Waals surface area (Å²) in [6, 6.07) is 4.06. The molecule has 0 fully saturated rings. The quantitative estimate of drug-likeness (QED) is 0.558. The number of hydrogen-bond donors (Lipinski definition) is 1. The highest BCUT2D eigenvalue weighted by atomic mass is 16.6. The maximum Gasteiger partial charge on any atom is 0.270 e. The van der Waals surface area contributed by atoms with Gasteiger partial charge < -0.3 is 0 Å². The van der Waals surface area contributed by atoms with Crippen LogP contribution < -0.4 is 5.43 Å². The van der Waals surface area contributed by atoms with Crippen molar-refractivity contribution in [2.75, 3.05) is 0 Å². The molecule has 0 aliphatic rings. The van der Waals surface area contributed by atoms with E-state index in [1.165, 1.54) is 18.2 Å². The molecule has 0 bridgehead atoms. The fraction of sp³-hybridized carbons (Fsp3) is 0.111. The number of aryl methyl sites for hydroxylation is 1. The van der Waals surface area contributed by atoms with E-state index in [1.54, 1.807) is 6.92 Å². The van der Waals surface area contributed by atoms with Crippen LogP contribution >= 0.6 is 0 Å². The SMILES string of the molecule is Cc1n[nH]c2ccc([N+](=O)[O-])cc2c1=O. The van der Waals surface area contributed by atoms with Crippen molar-refractivity contribution >= 4 is 16.6 Å². The Labute approximate surface area is 83.7 Å². The molecule has 15 heavy (non-hydrogen) atoms. The third kappa shape index (κ3) is 1.45. The molecular formula is C9H7N3O3. The molecule has 0 amide bonds. The number of fused-ring (bicyclic) bond motifs is 1. The number of aromatic nitrogens is 2. The van der Waals surface area contributed by atoms with Crippen molar-refractivity contribution in [2.24, 2.45) is 0 Å². The molecule has 0 aliphatic heterocycles. The van der Waals surface area contributed by atoms with Gasteiger partial charge in [-0.3, -0.25) is 20.0 Å². The number of benzene rings is 1. The van der Waals surface area contributed by atoms with Gasteiger partial charge in [0.25, 0.3) is 5.69 Å². The lowest BCUT2D eigenvalue weighted by atomic mass is 10.2. The van der Waals surface area contributed by atoms with Gasteiger partial charge in [-0.1, -0.05) is 0 Å². The lowest BCUT2D eigenvalue weighted by molar-refractivity contribution is -0.384. The van der Waals surface area contributed by atoms with Crippen LogP contribution in [0.15, 0.2) is 23.0 Å². The lowest BCUT2D eigenvalue weighted by Gasteiger charge is -1.97. The van der Waals surface area contributed by atoms with Gasteiger partial charge in [0, 0.05) is 12.1 Å². The highest BCUT2D eigenvalue weighted by Crippen LogP contribution is 2.15. The van der Waals surface area contributed by atoms with E-state index in [-0.39, 0.29) is 16.5 Å². The van der Waals surface area contributed by atoms with Crippen molar-refractivity contribution in [3.8, 4) is 0 Å². The Morgan fingerprint density at radius 1 is 1.47 bits per heavy atom. The van der Waals surface area contributed by atoms with Gasteiger partial charge in [-0.05, 0) is 13.0 Å². The maximum absolute atomic E-state index is 11.6. The molecule has 1 heterocycles. The minimum Gasteiger partial charge on any atom is -0.287 e. The van der Waals surface area contributed by atoms with Gasteiger partial charge in [-0.25, -0.2) is 0 Å². The fourth-order valence-corrected chi connectivity index (χ4v) is 1.32. The molecule has 2 aromatic rings. The first-order valence-electron chi connectivity index (χ1n) is 4.23. The van der Waals surface area contributed by atoms with E-state index in [9.17, 15) is 14.9 Å². The summed E-state index contributed by atoms with van der Waals surface area (Å²) in [5, 5.41) is 17.2. The number of hydrogen-bond acceptors (Lipinski definition) is 4. The number of H-pyrrole nitrogens is 1. The first-order chi connectivity index (χ1) is 7.09. The predicted octanol–water partition coefficient (Wildman–Crippen LogP) is 1.14. The van der Waals surface area contributed by atoms with Gasteiger partial charge in [0.2, 0.25) is 5.43 Å². The van der Waals surface area contributed by atoms with Gasteiger partial charge in [0.15, 0.2) is 0 Å². The van der Waals surface area contributed by atoms with Gasteiger partial charge in [-0.2, -0.15) is 5.10 Å². The van der Waals surface area contributed by atoms with Gasteiger partial charge in [0.1, 0.15) is 5.69 Å². The first-order valence-corrected chi connectivity index (χ1v) is 4.23. The molecule has 0 atom stereocenters. The van der Waals surface area contributed by atoms with Crippen LogP contribution in [0.2, 0.25) is 0 Å². The molecule has 0 saturated heterocycles. The summed E-state index contributed by atoms with van der Waals surface area (Å²) in [6.45, 7) is 1.55. The highest BCUT2D eigenvalue weighted by molar-refractivity contribution is 5.80. The molecule has 0 radical (unpaired) electrons. The third-order valence-electron chi connectivity index (χ3n) is 2.13. The second-order valence-corrected chi connectivity index (χ2v) is 3.13. The fourth-order valence-electron chi connectivity index (χ4n) is 1.32. The average molecular weight is 205 g/mol. The zero-order chi connectivity index (χ0) is 11.0. The Kier molecular flexibility index (Phi) is 1.96. The smallest absolute Gasteiger partial charge is 0.270 e. The van der Waals surface area contributed by atoms with Crippen molar-refractivity contribution in [3.05, 3.63) is 44.2 Å². The number of rotatable bonds is 1. The zero-order valence-electron chi connectivity index (χ0n) is 7.85. The molecule has 0 aliphatic carbocycles. The van der Waals surface area contributed by atoms with Crippen molar-refractivity contribution in [1.82, 2.24) is 10.2 Å². The number of aromatic amines is 1. The molecule has 1 aromatic heterocycles. The van der Waals surface area contributed by atoms with Crippen molar-refractivity contribution < 1.29 is 4.92 Å². The molecule has 6 heteroatoms. The van der Waals surface area contributed by atoms with E-state index >= 15 is 0 Å². The zero-order valence-corrected chi connectivity index (χ0v) is 7.85. The molecule has 76 valence electrons. The Morgan fingerprint density at radius 2 is 2.20 bits per heavy atom. The van der Waals surface area contributed by atoms with E-state index in [2.05, 4.69) is 10.2 Å². The Hall–Kier alpha value is -2.24. The van der Waals surface area contributed by atoms with E-state index in [0.717, 1.165) is 0 Å². The molecule has 6 nitrogen and oxygen atoms in total. The summed E-state index contributed by atoms with van der Waals surface area (Å²) in [7, 11) is 0. The van der Waals surface area contributed by atoms with Crippen molar-refractivity contribution in [1.29, 1.82) is 0 Å². The monoisotopic (exact) mass is 205 g/mol. The molecule has 0 unspecified atom stereocenters. The lowest BCUT2D eigenvalue weighted by Crippen LogP contribution is -2.09. The number of non-ortho nitro benzene ring substituents is 1. The van der Waals surface area contributed by atoms with Crippen LogP contribution in [0, 0.1) is 17.0 Å². The Balaban J connectivity index is 2.85. The Bertz CT molecular complexity index is 603. The minimum absolute atomic E-state index is 0.0985. The van der Waals surface area contributed by atoms with E-state index in [4.69, 9.17) is 0 Å². The van der Waals surface area contributed by atoms with Crippen molar-refractivity contribution in [2.45, 2.75) is 6.92 Å². The predicted molar refractivity (Wildman–Crippen MR) is 53.8 cm³/mol. The first kappa shape index (κ1) is 9.32. The standard InChI is InChI=1S/C9H7N3O3/c1-5-9(13)7-4-6(12(14)15)2-3-8(7)11-10-5/h2-4H,1H3,(H,11,13). The summed E-state index contributed by atoms with van der Waals surface area (Å²) in [5.41, 5.74) is 0.408. The topological polar surface area (TPSA) is 88.9 Å². The second kappa shape index (κ2) is 3.16. The molecule has 2 rings (SSSR count). The largest absolute Gasteiger partial charge is 0.287 e. The highest BCUT2D eigenvalue weighted by Gasteiger charge is 2.09. The van der Waals surface area contributed by atoms with E-state index < -0.39 is 4.92 Å². The number of nitro groups is 1. The summed E-state index contributed by atoms with van der Waals surface area (Å²) in [4.78, 5) is 21.6. The maximum atomic E-state index is 11.6. The molecule has 1 N–H and O–H groups in total. The van der Waals surface area contributed by atoms with Gasteiger partial charge in [0.05, 0.1) is 15.8 Å². The average Bonchev–Trinajstić information content (AvgIpc) is 2.23. The summed E-state index contributed by atoms with van der Waals surface area (Å²) in [6.07, 6.45) is 0. The molecular weight excluding hydrogens is 198 g/mol. The number of nitrogens with one attached hydrogen (secondary N) is 1.